The fraction of sp³-hybridized carbons (Fsp3) is 0.286. The van der Waals surface area contributed by atoms with Gasteiger partial charge in [0.15, 0.2) is 0 Å². The van der Waals surface area contributed by atoms with Gasteiger partial charge in [-0.05, 0) is 30.9 Å². The van der Waals surface area contributed by atoms with Crippen LogP contribution in [-0.2, 0) is 4.74 Å². The largest absolute Gasteiger partial charge is 0.462 e. The van der Waals surface area contributed by atoms with Crippen molar-refractivity contribution in [2.75, 3.05) is 18.1 Å². The van der Waals surface area contributed by atoms with Crippen molar-refractivity contribution in [3.8, 4) is 5.69 Å². The zero-order valence-corrected chi connectivity index (χ0v) is 12.6. The van der Waals surface area contributed by atoms with Crippen molar-refractivity contribution in [3.05, 3.63) is 35.6 Å². The molecule has 1 aromatic carbocycles. The van der Waals surface area contributed by atoms with Crippen LogP contribution in [-0.4, -0.2) is 28.1 Å². The third kappa shape index (κ3) is 3.18. The lowest BCUT2D eigenvalue weighted by Gasteiger charge is -2.05. The highest BCUT2D eigenvalue weighted by molar-refractivity contribution is 7.99. The first-order chi connectivity index (χ1) is 10.1. The molecule has 0 unspecified atom stereocenters. The molecule has 21 heavy (non-hydrogen) atoms. The van der Waals surface area contributed by atoms with Gasteiger partial charge >= 0.3 is 5.97 Å². The number of benzene rings is 1. The van der Waals surface area contributed by atoms with Crippen LogP contribution < -0.4 is 5.73 Å². The zero-order chi connectivity index (χ0) is 15.4. The Labute approximate surface area is 126 Å². The highest BCUT2D eigenvalue weighted by Crippen LogP contribution is 2.29. The van der Waals surface area contributed by atoms with Gasteiger partial charge in [0.1, 0.15) is 22.2 Å². The molecule has 7 heteroatoms. The first-order valence-corrected chi connectivity index (χ1v) is 7.51. The number of aromatic nitrogens is 2. The third-order valence-corrected chi connectivity index (χ3v) is 3.55. The van der Waals surface area contributed by atoms with E-state index in [2.05, 4.69) is 5.10 Å². The van der Waals surface area contributed by atoms with Crippen LogP contribution >= 0.6 is 11.8 Å². The molecular weight excluding hydrogens is 293 g/mol. The van der Waals surface area contributed by atoms with Crippen LogP contribution in [0.1, 0.15) is 24.2 Å². The number of ether oxygens (including phenoxy) is 1. The van der Waals surface area contributed by atoms with Gasteiger partial charge in [-0.3, -0.25) is 0 Å². The summed E-state index contributed by atoms with van der Waals surface area (Å²) in [5.74, 6) is -0.0418. The van der Waals surface area contributed by atoms with E-state index in [1.165, 1.54) is 28.6 Å². The summed E-state index contributed by atoms with van der Waals surface area (Å²) in [7, 11) is 0. The highest BCUT2D eigenvalue weighted by Gasteiger charge is 2.24. The molecule has 5 nitrogen and oxygen atoms in total. The number of hydrogen-bond donors (Lipinski definition) is 1. The fourth-order valence-electron chi connectivity index (χ4n) is 1.85. The standard InChI is InChI=1S/C14H16FN3O2S/c1-3-20-14(19)11-12(16)18(17-13(11)21-4-2)10-7-5-6-9(15)8-10/h5-8H,3-4,16H2,1-2H3. The number of hydrogen-bond acceptors (Lipinski definition) is 5. The van der Waals surface area contributed by atoms with Gasteiger partial charge in [-0.15, -0.1) is 11.8 Å². The van der Waals surface area contributed by atoms with Gasteiger partial charge < -0.3 is 10.5 Å². The lowest BCUT2D eigenvalue weighted by atomic mass is 10.3. The molecular formula is C14H16FN3O2S. The van der Waals surface area contributed by atoms with Crippen molar-refractivity contribution in [2.24, 2.45) is 0 Å². The van der Waals surface area contributed by atoms with E-state index in [9.17, 15) is 9.18 Å². The zero-order valence-electron chi connectivity index (χ0n) is 11.8. The van der Waals surface area contributed by atoms with Crippen LogP contribution in [0.25, 0.3) is 5.69 Å². The topological polar surface area (TPSA) is 70.1 Å². The van der Waals surface area contributed by atoms with E-state index in [0.717, 1.165) is 5.75 Å². The molecule has 0 radical (unpaired) electrons. The Kier molecular flexibility index (Phi) is 4.85. The second-order valence-corrected chi connectivity index (χ2v) is 5.36. The number of carbonyl (C=O) groups is 1. The second-order valence-electron chi connectivity index (χ2n) is 4.11. The van der Waals surface area contributed by atoms with E-state index >= 15 is 0 Å². The first kappa shape index (κ1) is 15.4. The Bertz CT molecular complexity index is 658. The van der Waals surface area contributed by atoms with Crippen LogP contribution in [0.3, 0.4) is 0 Å². The Morgan fingerprint density at radius 2 is 2.24 bits per heavy atom. The van der Waals surface area contributed by atoms with Crippen molar-refractivity contribution >= 4 is 23.5 Å². The number of esters is 1. The van der Waals surface area contributed by atoms with Gasteiger partial charge in [0, 0.05) is 0 Å². The molecule has 112 valence electrons. The van der Waals surface area contributed by atoms with E-state index in [4.69, 9.17) is 10.5 Å². The molecule has 2 N–H and O–H groups in total. The number of nitrogens with two attached hydrogens (primary N) is 1. The van der Waals surface area contributed by atoms with E-state index in [1.807, 2.05) is 6.92 Å². The minimum absolute atomic E-state index is 0.148. The van der Waals surface area contributed by atoms with Crippen LogP contribution in [0, 0.1) is 5.82 Å². The lowest BCUT2D eigenvalue weighted by molar-refractivity contribution is 0.0523. The molecule has 0 atom stereocenters. The van der Waals surface area contributed by atoms with Crippen molar-refractivity contribution in [2.45, 2.75) is 18.9 Å². The van der Waals surface area contributed by atoms with Gasteiger partial charge in [-0.25, -0.2) is 13.9 Å². The number of thioether (sulfide) groups is 1. The maximum Gasteiger partial charge on any atom is 0.344 e. The molecule has 0 aliphatic carbocycles. The Balaban J connectivity index is 2.53. The number of nitrogens with zero attached hydrogens (tertiary/aromatic N) is 2. The van der Waals surface area contributed by atoms with Crippen molar-refractivity contribution in [1.29, 1.82) is 0 Å². The van der Waals surface area contributed by atoms with Crippen molar-refractivity contribution in [3.63, 3.8) is 0 Å². The summed E-state index contributed by atoms with van der Waals surface area (Å²) in [5.41, 5.74) is 6.70. The summed E-state index contributed by atoms with van der Waals surface area (Å²) in [6, 6.07) is 5.86. The highest BCUT2D eigenvalue weighted by atomic mass is 32.2. The van der Waals surface area contributed by atoms with E-state index in [-0.39, 0.29) is 18.0 Å². The lowest BCUT2D eigenvalue weighted by Crippen LogP contribution is -2.09. The predicted octanol–water partition coefficient (Wildman–Crippen LogP) is 2.88. The maximum absolute atomic E-state index is 13.3. The summed E-state index contributed by atoms with van der Waals surface area (Å²) in [6.07, 6.45) is 0. The first-order valence-electron chi connectivity index (χ1n) is 6.52. The van der Waals surface area contributed by atoms with Crippen LogP contribution in [0.15, 0.2) is 29.3 Å². The molecule has 0 aliphatic rings. The molecule has 0 aliphatic heterocycles. The summed E-state index contributed by atoms with van der Waals surface area (Å²) >= 11 is 1.38. The van der Waals surface area contributed by atoms with Gasteiger partial charge in [-0.1, -0.05) is 13.0 Å². The van der Waals surface area contributed by atoms with Gasteiger partial charge in [-0.2, -0.15) is 5.10 Å². The van der Waals surface area contributed by atoms with Crippen molar-refractivity contribution < 1.29 is 13.9 Å². The number of rotatable bonds is 5. The molecule has 0 spiro atoms. The second kappa shape index (κ2) is 6.62. The monoisotopic (exact) mass is 309 g/mol. The number of nitrogen functional groups attached to an aromatic ring is 1. The van der Waals surface area contributed by atoms with Crippen LogP contribution in [0.2, 0.25) is 0 Å². The summed E-state index contributed by atoms with van der Waals surface area (Å²) < 4.78 is 19.7. The molecule has 1 aromatic heterocycles. The van der Waals surface area contributed by atoms with Crippen LogP contribution in [0.4, 0.5) is 10.2 Å². The van der Waals surface area contributed by atoms with Crippen LogP contribution in [0.5, 0.6) is 0 Å². The Morgan fingerprint density at radius 3 is 2.86 bits per heavy atom. The molecule has 2 rings (SSSR count). The normalized spacial score (nSPS) is 10.6. The average molecular weight is 309 g/mol. The van der Waals surface area contributed by atoms with E-state index in [0.29, 0.717) is 10.7 Å². The number of halogens is 1. The molecule has 2 aromatic rings. The minimum Gasteiger partial charge on any atom is -0.462 e. The van der Waals surface area contributed by atoms with Crippen molar-refractivity contribution in [1.82, 2.24) is 9.78 Å². The van der Waals surface area contributed by atoms with Gasteiger partial charge in [0.05, 0.1) is 12.3 Å². The smallest absolute Gasteiger partial charge is 0.344 e. The Morgan fingerprint density at radius 1 is 1.48 bits per heavy atom. The number of carbonyl (C=O) groups excluding carboxylic acids is 1. The summed E-state index contributed by atoms with van der Waals surface area (Å²) in [6.45, 7) is 3.91. The maximum atomic E-state index is 13.3. The fourth-order valence-corrected chi connectivity index (χ4v) is 2.59. The SMILES string of the molecule is CCOC(=O)c1c(SCC)nn(-c2cccc(F)c2)c1N. The quantitative estimate of drug-likeness (QED) is 0.679. The molecule has 1 heterocycles. The Hall–Kier alpha value is -2.02. The molecule has 0 saturated heterocycles. The third-order valence-electron chi connectivity index (χ3n) is 2.70. The minimum atomic E-state index is -0.520. The number of anilines is 1. The summed E-state index contributed by atoms with van der Waals surface area (Å²) in [5, 5.41) is 4.79. The predicted molar refractivity (Wildman–Crippen MR) is 80.3 cm³/mol. The molecule has 0 saturated carbocycles. The van der Waals surface area contributed by atoms with Gasteiger partial charge in [0.25, 0.3) is 0 Å². The van der Waals surface area contributed by atoms with E-state index in [1.54, 1.807) is 19.1 Å². The average Bonchev–Trinajstić information content (AvgIpc) is 2.76. The molecule has 0 bridgehead atoms. The summed E-state index contributed by atoms with van der Waals surface area (Å²) in [4.78, 5) is 12.0. The van der Waals surface area contributed by atoms with E-state index < -0.39 is 11.8 Å². The molecule has 0 amide bonds. The van der Waals surface area contributed by atoms with Gasteiger partial charge in [0.2, 0.25) is 0 Å². The molecule has 0 fully saturated rings.